The van der Waals surface area contributed by atoms with Crippen molar-refractivity contribution < 1.29 is 9.90 Å². The van der Waals surface area contributed by atoms with E-state index in [4.69, 9.17) is 28.5 Å². The first-order valence-corrected chi connectivity index (χ1v) is 6.22. The van der Waals surface area contributed by atoms with Gasteiger partial charge in [-0.1, -0.05) is 11.6 Å². The summed E-state index contributed by atoms with van der Waals surface area (Å²) in [6, 6.07) is 2.76. The molecule has 1 aromatic rings. The average Bonchev–Trinajstić information content (AvgIpc) is 2.34. The molecule has 0 spiro atoms. The van der Waals surface area contributed by atoms with Gasteiger partial charge >= 0.3 is 12.0 Å². The summed E-state index contributed by atoms with van der Waals surface area (Å²) < 4.78 is 0. The number of rotatable bonds is 5. The Morgan fingerprint density at radius 3 is 3.00 bits per heavy atom. The second-order valence-corrected chi connectivity index (χ2v) is 4.79. The molecule has 1 atom stereocenters. The molecule has 1 aromatic heterocycles. The lowest BCUT2D eigenvalue weighted by atomic mass is 10.3. The van der Waals surface area contributed by atoms with Crippen LogP contribution in [0.15, 0.2) is 17.2 Å². The van der Waals surface area contributed by atoms with E-state index in [1.165, 1.54) is 24.0 Å². The van der Waals surface area contributed by atoms with E-state index >= 15 is 0 Å². The minimum atomic E-state index is -1.17. The molecule has 18 heavy (non-hydrogen) atoms. The van der Waals surface area contributed by atoms with Gasteiger partial charge in [0.25, 0.3) is 0 Å². The van der Waals surface area contributed by atoms with Crippen LogP contribution in [0.25, 0.3) is 4.85 Å². The van der Waals surface area contributed by atoms with Crippen molar-refractivity contribution in [3.63, 3.8) is 0 Å². The van der Waals surface area contributed by atoms with Gasteiger partial charge in [-0.05, 0) is 6.07 Å². The number of carboxylic acids is 1. The number of carbonyl (C=O) groups is 1. The fraction of sp³-hybridized carbons (Fsp3) is 0.273. The predicted molar refractivity (Wildman–Crippen MR) is 67.6 cm³/mol. The Bertz CT molecular complexity index is 522. The lowest BCUT2D eigenvalue weighted by Crippen LogP contribution is -2.01. The van der Waals surface area contributed by atoms with Gasteiger partial charge in [-0.3, -0.25) is 4.85 Å². The molecule has 0 bridgehead atoms. The molecule has 1 heterocycles. The molecule has 0 aliphatic carbocycles. The molecular weight excluding hydrogens is 274 g/mol. The third kappa shape index (κ3) is 3.92. The zero-order chi connectivity index (χ0) is 13.5. The standard InChI is InChI=1S/C11H8ClN3O2S/c1-14-7(5-13)2-3-18-8-4-9(12)10(11(16)17)15-6-8/h4,6-7H,2-3H2,(H,16,17). The Kier molecular flexibility index (Phi) is 5.44. The molecule has 0 radical (unpaired) electrons. The van der Waals surface area contributed by atoms with Crippen LogP contribution >= 0.6 is 23.4 Å². The Morgan fingerprint density at radius 2 is 2.50 bits per heavy atom. The van der Waals surface area contributed by atoms with E-state index in [2.05, 4.69) is 9.83 Å². The van der Waals surface area contributed by atoms with E-state index in [1.807, 2.05) is 6.07 Å². The molecule has 0 aromatic carbocycles. The number of hydrogen-bond acceptors (Lipinski definition) is 4. The summed E-state index contributed by atoms with van der Waals surface area (Å²) in [5.74, 6) is -0.598. The van der Waals surface area contributed by atoms with Crippen LogP contribution in [0, 0.1) is 17.9 Å². The molecule has 0 aliphatic heterocycles. The zero-order valence-electron chi connectivity index (χ0n) is 9.13. The van der Waals surface area contributed by atoms with E-state index in [-0.39, 0.29) is 10.7 Å². The molecule has 7 heteroatoms. The Hall–Kier alpha value is -1.76. The maximum atomic E-state index is 10.7. The molecule has 1 rings (SSSR count). The fourth-order valence-corrected chi connectivity index (χ4v) is 2.32. The van der Waals surface area contributed by atoms with Crippen LogP contribution in [-0.2, 0) is 0 Å². The summed E-state index contributed by atoms with van der Waals surface area (Å²) in [6.07, 6.45) is 1.86. The van der Waals surface area contributed by atoms with Crippen molar-refractivity contribution in [2.24, 2.45) is 0 Å². The number of halogens is 1. The zero-order valence-corrected chi connectivity index (χ0v) is 10.7. The van der Waals surface area contributed by atoms with E-state index in [1.54, 1.807) is 0 Å². The van der Waals surface area contributed by atoms with Crippen LogP contribution in [0.5, 0.6) is 0 Å². The normalized spacial score (nSPS) is 11.3. The largest absolute Gasteiger partial charge is 0.476 e. The SMILES string of the molecule is [C-]#[N+]C(C#N)CCSc1cnc(C(=O)O)c(Cl)c1. The third-order valence-electron chi connectivity index (χ3n) is 1.98. The second-order valence-electron chi connectivity index (χ2n) is 3.22. The monoisotopic (exact) mass is 281 g/mol. The van der Waals surface area contributed by atoms with Gasteiger partial charge in [0.15, 0.2) is 11.8 Å². The third-order valence-corrected chi connectivity index (χ3v) is 3.27. The first kappa shape index (κ1) is 14.3. The number of nitrogens with zero attached hydrogens (tertiary/aromatic N) is 3. The number of thioether (sulfide) groups is 1. The van der Waals surface area contributed by atoms with Crippen molar-refractivity contribution >= 4 is 29.3 Å². The van der Waals surface area contributed by atoms with Gasteiger partial charge in [0.1, 0.15) is 0 Å². The predicted octanol–water partition coefficient (Wildman–Crippen LogP) is 2.73. The maximum Gasteiger partial charge on any atom is 0.356 e. The smallest absolute Gasteiger partial charge is 0.356 e. The van der Waals surface area contributed by atoms with Gasteiger partial charge in [-0.25, -0.2) is 16.4 Å². The van der Waals surface area contributed by atoms with Gasteiger partial charge < -0.3 is 5.11 Å². The average molecular weight is 282 g/mol. The highest BCUT2D eigenvalue weighted by atomic mass is 35.5. The number of aromatic nitrogens is 1. The molecule has 92 valence electrons. The number of nitriles is 1. The number of hydrogen-bond donors (Lipinski definition) is 1. The Labute approximate surface area is 113 Å². The topological polar surface area (TPSA) is 78.3 Å². The Balaban J connectivity index is 2.60. The van der Waals surface area contributed by atoms with Crippen molar-refractivity contribution in [1.82, 2.24) is 4.98 Å². The number of aromatic carboxylic acids is 1. The van der Waals surface area contributed by atoms with E-state index in [9.17, 15) is 4.79 Å². The van der Waals surface area contributed by atoms with Crippen LogP contribution in [0.4, 0.5) is 0 Å². The Morgan fingerprint density at radius 1 is 1.78 bits per heavy atom. The van der Waals surface area contributed by atoms with Crippen molar-refractivity contribution in [2.45, 2.75) is 17.4 Å². The minimum absolute atomic E-state index is 0.0783. The van der Waals surface area contributed by atoms with Gasteiger partial charge in [0, 0.05) is 23.3 Å². The molecule has 0 amide bonds. The first-order chi connectivity index (χ1) is 8.58. The fourth-order valence-electron chi connectivity index (χ4n) is 1.10. The molecule has 1 unspecified atom stereocenters. The van der Waals surface area contributed by atoms with E-state index in [0.29, 0.717) is 17.1 Å². The van der Waals surface area contributed by atoms with Crippen molar-refractivity contribution in [3.05, 3.63) is 34.4 Å². The van der Waals surface area contributed by atoms with Crippen LogP contribution in [0.3, 0.4) is 0 Å². The minimum Gasteiger partial charge on any atom is -0.476 e. The number of pyridine rings is 1. The summed E-state index contributed by atoms with van der Waals surface area (Å²) in [5.41, 5.74) is -0.183. The van der Waals surface area contributed by atoms with Gasteiger partial charge in [0.05, 0.1) is 5.02 Å². The van der Waals surface area contributed by atoms with Crippen LogP contribution < -0.4 is 0 Å². The van der Waals surface area contributed by atoms with Crippen molar-refractivity contribution in [2.75, 3.05) is 5.75 Å². The van der Waals surface area contributed by atoms with Crippen molar-refractivity contribution in [3.8, 4) is 6.07 Å². The molecule has 0 saturated carbocycles. The maximum absolute atomic E-state index is 10.7. The van der Waals surface area contributed by atoms with Crippen LogP contribution in [0.1, 0.15) is 16.9 Å². The summed E-state index contributed by atoms with van der Waals surface area (Å²) in [7, 11) is 0. The molecule has 1 N–H and O–H groups in total. The summed E-state index contributed by atoms with van der Waals surface area (Å²) >= 11 is 7.14. The highest BCUT2D eigenvalue weighted by Crippen LogP contribution is 2.24. The molecule has 0 aliphatic rings. The molecule has 0 saturated heterocycles. The van der Waals surface area contributed by atoms with Gasteiger partial charge in [0.2, 0.25) is 0 Å². The highest BCUT2D eigenvalue weighted by Gasteiger charge is 2.13. The lowest BCUT2D eigenvalue weighted by Gasteiger charge is -2.02. The quantitative estimate of drug-likeness (QED) is 0.663. The van der Waals surface area contributed by atoms with Crippen LogP contribution in [-0.4, -0.2) is 27.9 Å². The molecule has 0 fully saturated rings. The first-order valence-electron chi connectivity index (χ1n) is 4.86. The summed E-state index contributed by atoms with van der Waals surface area (Å²) in [4.78, 5) is 18.3. The second kappa shape index (κ2) is 6.85. The lowest BCUT2D eigenvalue weighted by molar-refractivity contribution is 0.0690. The summed E-state index contributed by atoms with van der Waals surface area (Å²) in [5, 5.41) is 17.4. The molecule has 5 nitrogen and oxygen atoms in total. The summed E-state index contributed by atoms with van der Waals surface area (Å²) in [6.45, 7) is 6.75. The van der Waals surface area contributed by atoms with Crippen molar-refractivity contribution in [1.29, 1.82) is 5.26 Å². The van der Waals surface area contributed by atoms with Crippen LogP contribution in [0.2, 0.25) is 5.02 Å². The van der Waals surface area contributed by atoms with E-state index in [0.717, 1.165) is 0 Å². The molecular formula is C11H8ClN3O2S. The van der Waals surface area contributed by atoms with Gasteiger partial charge in [-0.2, -0.15) is 5.26 Å². The van der Waals surface area contributed by atoms with Gasteiger partial charge in [-0.15, -0.1) is 11.8 Å². The highest BCUT2D eigenvalue weighted by molar-refractivity contribution is 7.99. The number of carboxylic acid groups (broad SMARTS) is 1. The van der Waals surface area contributed by atoms with E-state index < -0.39 is 12.0 Å².